The topological polar surface area (TPSA) is 26.8 Å². The van der Waals surface area contributed by atoms with Crippen LogP contribution in [0.25, 0.3) is 44.2 Å². The Kier molecular flexibility index (Phi) is 8.61. The van der Waals surface area contributed by atoms with Crippen molar-refractivity contribution in [2.75, 3.05) is 14.7 Å². The minimum absolute atomic E-state index is 0.141. The molecule has 66 heavy (non-hydrogen) atoms. The number of benzene rings is 10. The maximum Gasteiger partial charge on any atom is 0.0892 e. The first-order valence-corrected chi connectivity index (χ1v) is 23.7. The zero-order valence-corrected chi connectivity index (χ0v) is 37.3. The number of hydrogen-bond donors (Lipinski definition) is 0. The first-order chi connectivity index (χ1) is 32.4. The lowest BCUT2D eigenvalue weighted by atomic mass is 9.82. The largest absolute Gasteiger partial charge is 0.310 e. The van der Waals surface area contributed by atoms with Crippen molar-refractivity contribution in [1.29, 1.82) is 0 Å². The molecule has 0 saturated heterocycles. The van der Waals surface area contributed by atoms with Gasteiger partial charge in [-0.1, -0.05) is 147 Å². The van der Waals surface area contributed by atoms with E-state index in [0.29, 0.717) is 0 Å². The van der Waals surface area contributed by atoms with Crippen molar-refractivity contribution in [3.05, 3.63) is 236 Å². The fraction of sp³-hybridized carbons (Fsp3) is 0.0492. The molecule has 0 radical (unpaired) electrons. The quantitative estimate of drug-likeness (QED) is 0.166. The van der Waals surface area contributed by atoms with Gasteiger partial charge < -0.3 is 14.7 Å². The summed E-state index contributed by atoms with van der Waals surface area (Å²) in [6.45, 7) is 4.69. The smallest absolute Gasteiger partial charge is 0.0892 e. The second-order valence-corrected chi connectivity index (χ2v) is 19.3. The van der Waals surface area contributed by atoms with Gasteiger partial charge in [-0.15, -0.1) is 0 Å². The predicted molar refractivity (Wildman–Crippen MR) is 275 cm³/mol. The Balaban J connectivity index is 0.977. The molecule has 0 N–H and O–H groups in total. The number of hydrogen-bond acceptors (Lipinski definition) is 4. The zero-order valence-electron chi connectivity index (χ0n) is 36.5. The molecule has 2 aliphatic heterocycles. The van der Waals surface area contributed by atoms with Gasteiger partial charge in [0.1, 0.15) is 0 Å². The molecule has 0 spiro atoms. The molecule has 314 valence electrons. The highest BCUT2D eigenvalue weighted by atomic mass is 32.2. The predicted octanol–water partition coefficient (Wildman–Crippen LogP) is 16.7. The lowest BCUT2D eigenvalue weighted by molar-refractivity contribution is 0.660. The lowest BCUT2D eigenvalue weighted by Crippen LogP contribution is -2.22. The monoisotopic (exact) mass is 865 g/mol. The summed E-state index contributed by atoms with van der Waals surface area (Å²) in [7, 11) is -1.39. The third-order valence-corrected chi connectivity index (χ3v) is 15.4. The Bertz CT molecular complexity index is 3580. The van der Waals surface area contributed by atoms with Crippen LogP contribution in [0, 0.1) is 0 Å². The Labute approximate surface area is 387 Å². The maximum absolute atomic E-state index is 14.7. The van der Waals surface area contributed by atoms with Crippen molar-refractivity contribution in [2.24, 2.45) is 0 Å². The van der Waals surface area contributed by atoms with Gasteiger partial charge in [-0.3, -0.25) is 0 Å². The van der Waals surface area contributed by atoms with Crippen molar-refractivity contribution in [3.8, 4) is 33.4 Å². The van der Waals surface area contributed by atoms with E-state index in [9.17, 15) is 4.21 Å². The van der Waals surface area contributed by atoms with Gasteiger partial charge in [0.25, 0.3) is 0 Å². The van der Waals surface area contributed by atoms with Gasteiger partial charge >= 0.3 is 0 Å². The minimum Gasteiger partial charge on any atom is -0.310 e. The molecule has 3 aliphatic rings. The van der Waals surface area contributed by atoms with Crippen molar-refractivity contribution >= 4 is 72.8 Å². The van der Waals surface area contributed by atoms with Gasteiger partial charge in [-0.25, -0.2) is 4.21 Å². The summed E-state index contributed by atoms with van der Waals surface area (Å²) in [4.78, 5) is 8.67. The highest BCUT2D eigenvalue weighted by molar-refractivity contribution is 7.85. The molecule has 5 heteroatoms. The van der Waals surface area contributed by atoms with Crippen molar-refractivity contribution in [1.82, 2.24) is 0 Å². The summed E-state index contributed by atoms with van der Waals surface area (Å²) in [5.41, 5.74) is 19.0. The Morgan fingerprint density at radius 1 is 0.394 bits per heavy atom. The summed E-state index contributed by atoms with van der Waals surface area (Å²) >= 11 is 0. The van der Waals surface area contributed by atoms with E-state index >= 15 is 0 Å². The van der Waals surface area contributed by atoms with Crippen LogP contribution in [-0.4, -0.2) is 4.21 Å². The molecule has 4 nitrogen and oxygen atoms in total. The van der Waals surface area contributed by atoms with Crippen LogP contribution in [0.1, 0.15) is 25.0 Å². The van der Waals surface area contributed by atoms with Crippen LogP contribution in [-0.2, 0) is 16.2 Å². The lowest BCUT2D eigenvalue weighted by Gasteiger charge is -2.38. The van der Waals surface area contributed by atoms with Crippen molar-refractivity contribution < 1.29 is 4.21 Å². The van der Waals surface area contributed by atoms with Crippen molar-refractivity contribution in [3.63, 3.8) is 0 Å². The average Bonchev–Trinajstić information content (AvgIpc) is 3.60. The molecular weight excluding hydrogens is 823 g/mol. The molecule has 2 heterocycles. The fourth-order valence-electron chi connectivity index (χ4n) is 10.8. The standard InChI is InChI=1S/C61H43N3OS/c1-61(2)52-23-10-9-21-48(52)49-36-35-47(37-53(49)61)62(44-29-27-41(28-30-44)40-15-5-3-6-16-40)45-31-33-46(34-32-45)64-55-25-14-18-42-17-13-22-50(60(42)55)51-38-59-57(39-56(51)64)63(43-19-7-4-8-20-43)54-24-11-12-26-58(54)66(59)65/h3-39H,1-2H3. The van der Waals surface area contributed by atoms with E-state index in [-0.39, 0.29) is 5.41 Å². The minimum atomic E-state index is -1.39. The third-order valence-electron chi connectivity index (χ3n) is 13.9. The van der Waals surface area contributed by atoms with Crippen LogP contribution in [0.2, 0.25) is 0 Å². The molecule has 0 fully saturated rings. The summed E-state index contributed by atoms with van der Waals surface area (Å²) in [5.74, 6) is 0. The van der Waals surface area contributed by atoms with Crippen LogP contribution in [0.15, 0.2) is 234 Å². The van der Waals surface area contributed by atoms with Crippen LogP contribution in [0.5, 0.6) is 0 Å². The zero-order chi connectivity index (χ0) is 44.1. The van der Waals surface area contributed by atoms with Gasteiger partial charge in [0.05, 0.1) is 43.3 Å². The van der Waals surface area contributed by atoms with Crippen LogP contribution >= 0.6 is 0 Å². The van der Waals surface area contributed by atoms with E-state index in [4.69, 9.17) is 0 Å². The number of nitrogens with zero attached hydrogens (tertiary/aromatic N) is 3. The van der Waals surface area contributed by atoms with Gasteiger partial charge in [-0.2, -0.15) is 0 Å². The maximum atomic E-state index is 14.7. The molecular formula is C61H43N3OS. The number of rotatable bonds is 6. The number of fused-ring (bicyclic) bond motifs is 7. The molecule has 13 rings (SSSR count). The molecule has 10 aromatic carbocycles. The first-order valence-electron chi connectivity index (χ1n) is 22.6. The Morgan fingerprint density at radius 2 is 0.970 bits per heavy atom. The van der Waals surface area contributed by atoms with Crippen LogP contribution < -0.4 is 14.7 Å². The van der Waals surface area contributed by atoms with Crippen LogP contribution in [0.3, 0.4) is 0 Å². The van der Waals surface area contributed by atoms with Crippen LogP contribution in [0.4, 0.5) is 51.2 Å². The van der Waals surface area contributed by atoms with Gasteiger partial charge in [0.15, 0.2) is 0 Å². The first kappa shape index (κ1) is 38.5. The highest BCUT2D eigenvalue weighted by Crippen LogP contribution is 2.57. The second-order valence-electron chi connectivity index (χ2n) is 17.9. The highest BCUT2D eigenvalue weighted by Gasteiger charge is 2.37. The number of anilines is 9. The van der Waals surface area contributed by atoms with E-state index in [0.717, 1.165) is 72.1 Å². The normalized spacial score (nSPS) is 14.8. The SMILES string of the molecule is CC1(C)c2ccccc2-c2ccc(N(c3ccc(-c4ccccc4)cc3)c3ccc(N4c5cc6c(cc5-c5cccc7cccc4c57)S(=O)c4ccccc4N6c4ccccc4)cc3)cc21. The second kappa shape index (κ2) is 14.8. The average molecular weight is 866 g/mol. The summed E-state index contributed by atoms with van der Waals surface area (Å²) < 4.78 is 14.7. The van der Waals surface area contributed by atoms with E-state index in [1.165, 1.54) is 44.2 Å². The van der Waals surface area contributed by atoms with E-state index < -0.39 is 10.8 Å². The van der Waals surface area contributed by atoms with E-state index in [1.54, 1.807) is 0 Å². The van der Waals surface area contributed by atoms with Crippen molar-refractivity contribution in [2.45, 2.75) is 29.1 Å². The van der Waals surface area contributed by atoms with Gasteiger partial charge in [-0.05, 0) is 135 Å². The molecule has 10 aromatic rings. The summed E-state index contributed by atoms with van der Waals surface area (Å²) in [6, 6.07) is 80.5. The molecule has 1 atom stereocenters. The van der Waals surface area contributed by atoms with E-state index in [1.807, 2.05) is 24.3 Å². The molecule has 0 saturated carbocycles. The van der Waals surface area contributed by atoms with Gasteiger partial charge in [0, 0.05) is 44.8 Å². The number of para-hydroxylation sites is 2. The third kappa shape index (κ3) is 5.80. The molecule has 0 amide bonds. The van der Waals surface area contributed by atoms with Gasteiger partial charge in [0.2, 0.25) is 0 Å². The molecule has 0 aromatic heterocycles. The summed E-state index contributed by atoms with van der Waals surface area (Å²) in [5, 5.41) is 2.35. The molecule has 1 aliphatic carbocycles. The summed E-state index contributed by atoms with van der Waals surface area (Å²) in [6.07, 6.45) is 0. The van der Waals surface area contributed by atoms with E-state index in [2.05, 4.69) is 229 Å². The fourth-order valence-corrected chi connectivity index (χ4v) is 12.1. The Morgan fingerprint density at radius 3 is 1.76 bits per heavy atom. The Hall–Kier alpha value is -7.99. The molecule has 1 unspecified atom stereocenters. The molecule has 0 bridgehead atoms.